The predicted octanol–water partition coefficient (Wildman–Crippen LogP) is 4.87. The summed E-state index contributed by atoms with van der Waals surface area (Å²) in [5.74, 6) is -1.33. The molecule has 158 valence electrons. The Morgan fingerprint density at radius 3 is 2.13 bits per heavy atom. The van der Waals surface area contributed by atoms with Crippen LogP contribution in [0.3, 0.4) is 0 Å². The second-order valence-corrected chi connectivity index (χ2v) is 7.33. The summed E-state index contributed by atoms with van der Waals surface area (Å²) in [4.78, 5) is 27.0. The molecule has 0 saturated heterocycles. The molecule has 0 aliphatic carbocycles. The van der Waals surface area contributed by atoms with Crippen molar-refractivity contribution in [3.63, 3.8) is 0 Å². The van der Waals surface area contributed by atoms with Crippen LogP contribution in [0.4, 0.5) is 15.8 Å². The number of nitrogens with one attached hydrogen (secondary N) is 3. The fourth-order valence-electron chi connectivity index (χ4n) is 2.80. The Bertz CT molecular complexity index is 1150. The van der Waals surface area contributed by atoms with Gasteiger partial charge < -0.3 is 15.5 Å². The molecule has 3 aromatic rings. The minimum Gasteiger partial charge on any atom is -0.363 e. The first-order valence-electron chi connectivity index (χ1n) is 9.29. The highest BCUT2D eigenvalue weighted by Crippen LogP contribution is 2.22. The molecular formula is C23H20ClFN4O2. The van der Waals surface area contributed by atoms with Gasteiger partial charge in [0.1, 0.15) is 11.7 Å². The average molecular weight is 439 g/mol. The molecule has 0 aliphatic rings. The molecule has 0 bridgehead atoms. The van der Waals surface area contributed by atoms with Gasteiger partial charge in [-0.25, -0.2) is 4.39 Å². The maximum atomic E-state index is 14.0. The van der Waals surface area contributed by atoms with E-state index in [0.717, 1.165) is 6.07 Å². The summed E-state index contributed by atoms with van der Waals surface area (Å²) in [7, 11) is 3.53. The van der Waals surface area contributed by atoms with Gasteiger partial charge in [-0.15, -0.1) is 0 Å². The fraction of sp³-hybridized carbons (Fsp3) is 0.0870. The number of amidine groups is 1. The van der Waals surface area contributed by atoms with Gasteiger partial charge in [-0.1, -0.05) is 35.9 Å². The molecule has 3 N–H and O–H groups in total. The zero-order valence-electron chi connectivity index (χ0n) is 16.9. The molecule has 0 spiro atoms. The molecule has 0 aromatic heterocycles. The van der Waals surface area contributed by atoms with E-state index in [9.17, 15) is 14.0 Å². The third-order valence-electron chi connectivity index (χ3n) is 4.47. The van der Waals surface area contributed by atoms with Crippen LogP contribution in [-0.4, -0.2) is 36.6 Å². The van der Waals surface area contributed by atoms with E-state index in [-0.39, 0.29) is 22.0 Å². The largest absolute Gasteiger partial charge is 0.363 e. The highest BCUT2D eigenvalue weighted by Gasteiger charge is 2.16. The van der Waals surface area contributed by atoms with Crippen molar-refractivity contribution in [1.82, 2.24) is 4.90 Å². The van der Waals surface area contributed by atoms with Gasteiger partial charge in [-0.05, 0) is 42.5 Å². The summed E-state index contributed by atoms with van der Waals surface area (Å²) >= 11 is 5.74. The first-order valence-corrected chi connectivity index (χ1v) is 9.67. The minimum atomic E-state index is -0.661. The Morgan fingerprint density at radius 1 is 0.871 bits per heavy atom. The first kappa shape index (κ1) is 22.0. The fourth-order valence-corrected chi connectivity index (χ4v) is 2.96. The van der Waals surface area contributed by atoms with E-state index in [2.05, 4.69) is 10.6 Å². The summed E-state index contributed by atoms with van der Waals surface area (Å²) in [6.45, 7) is 0. The molecule has 0 unspecified atom stereocenters. The molecule has 31 heavy (non-hydrogen) atoms. The molecule has 0 heterocycles. The number of hydrogen-bond donors (Lipinski definition) is 3. The van der Waals surface area contributed by atoms with Crippen LogP contribution in [0.15, 0.2) is 66.7 Å². The van der Waals surface area contributed by atoms with E-state index in [1.54, 1.807) is 61.5 Å². The standard InChI is InChI=1S/C23H20ClFN4O2/c1-29(2)21(26)14-7-9-15(10-8-14)22(30)27-19-6-4-3-5-17(19)23(31)28-20-12-11-16(24)13-18(20)25/h3-13,26H,1-2H3,(H,27,30)(H,28,31). The number of rotatable bonds is 5. The third-order valence-corrected chi connectivity index (χ3v) is 4.70. The second kappa shape index (κ2) is 9.40. The maximum Gasteiger partial charge on any atom is 0.257 e. The summed E-state index contributed by atoms with van der Waals surface area (Å²) < 4.78 is 14.0. The van der Waals surface area contributed by atoms with Crippen molar-refractivity contribution in [3.05, 3.63) is 94.3 Å². The quantitative estimate of drug-likeness (QED) is 0.392. The zero-order valence-corrected chi connectivity index (χ0v) is 17.6. The van der Waals surface area contributed by atoms with Crippen LogP contribution in [0.1, 0.15) is 26.3 Å². The molecule has 0 fully saturated rings. The molecule has 0 atom stereocenters. The lowest BCUT2D eigenvalue weighted by atomic mass is 10.1. The molecule has 3 aromatic carbocycles. The number of anilines is 2. The minimum absolute atomic E-state index is 0.0190. The van der Waals surface area contributed by atoms with Crippen molar-refractivity contribution in [3.8, 4) is 0 Å². The van der Waals surface area contributed by atoms with Crippen molar-refractivity contribution in [2.45, 2.75) is 0 Å². The SMILES string of the molecule is CN(C)C(=N)c1ccc(C(=O)Nc2ccccc2C(=O)Nc2ccc(Cl)cc2F)cc1. The monoisotopic (exact) mass is 438 g/mol. The normalized spacial score (nSPS) is 10.3. The van der Waals surface area contributed by atoms with Gasteiger partial charge in [0.05, 0.1) is 16.9 Å². The van der Waals surface area contributed by atoms with Crippen LogP contribution in [0.2, 0.25) is 5.02 Å². The van der Waals surface area contributed by atoms with Crippen LogP contribution in [0, 0.1) is 11.2 Å². The van der Waals surface area contributed by atoms with Crippen LogP contribution < -0.4 is 10.6 Å². The average Bonchev–Trinajstić information content (AvgIpc) is 2.75. The van der Waals surface area contributed by atoms with E-state index in [1.807, 2.05) is 0 Å². The molecular weight excluding hydrogens is 419 g/mol. The highest BCUT2D eigenvalue weighted by molar-refractivity contribution is 6.30. The number of para-hydroxylation sites is 1. The van der Waals surface area contributed by atoms with Gasteiger partial charge in [-0.2, -0.15) is 0 Å². The molecule has 6 nitrogen and oxygen atoms in total. The topological polar surface area (TPSA) is 85.3 Å². The van der Waals surface area contributed by atoms with Crippen molar-refractivity contribution in [2.24, 2.45) is 0 Å². The molecule has 0 aliphatic heterocycles. The Labute approximate surface area is 184 Å². The number of hydrogen-bond acceptors (Lipinski definition) is 3. The van der Waals surface area contributed by atoms with E-state index >= 15 is 0 Å². The van der Waals surface area contributed by atoms with Gasteiger partial charge in [0, 0.05) is 30.2 Å². The van der Waals surface area contributed by atoms with Crippen LogP contribution in [-0.2, 0) is 0 Å². The molecule has 8 heteroatoms. The lowest BCUT2D eigenvalue weighted by molar-refractivity contribution is 0.102. The summed E-state index contributed by atoms with van der Waals surface area (Å²) in [6, 6.07) is 16.9. The van der Waals surface area contributed by atoms with Crippen molar-refractivity contribution in [1.29, 1.82) is 5.41 Å². The zero-order chi connectivity index (χ0) is 22.5. The number of carbonyl (C=O) groups is 2. The summed E-state index contributed by atoms with van der Waals surface area (Å²) in [6.07, 6.45) is 0. The highest BCUT2D eigenvalue weighted by atomic mass is 35.5. The molecule has 0 saturated carbocycles. The number of benzene rings is 3. The van der Waals surface area contributed by atoms with Crippen LogP contribution in [0.25, 0.3) is 0 Å². The van der Waals surface area contributed by atoms with E-state index in [0.29, 0.717) is 17.0 Å². The van der Waals surface area contributed by atoms with Crippen LogP contribution >= 0.6 is 11.6 Å². The summed E-state index contributed by atoms with van der Waals surface area (Å²) in [5, 5.41) is 13.4. The smallest absolute Gasteiger partial charge is 0.257 e. The van der Waals surface area contributed by atoms with Crippen LogP contribution in [0.5, 0.6) is 0 Å². The lowest BCUT2D eigenvalue weighted by Crippen LogP contribution is -2.22. The predicted molar refractivity (Wildman–Crippen MR) is 121 cm³/mol. The van der Waals surface area contributed by atoms with E-state index in [1.165, 1.54) is 18.2 Å². The Morgan fingerprint density at radius 2 is 1.48 bits per heavy atom. The maximum absolute atomic E-state index is 14.0. The Balaban J connectivity index is 1.77. The number of carbonyl (C=O) groups excluding carboxylic acids is 2. The first-order chi connectivity index (χ1) is 14.8. The molecule has 0 radical (unpaired) electrons. The van der Waals surface area contributed by atoms with Crippen molar-refractivity contribution in [2.75, 3.05) is 24.7 Å². The van der Waals surface area contributed by atoms with Gasteiger partial charge >= 0.3 is 0 Å². The van der Waals surface area contributed by atoms with Gasteiger partial charge in [0.15, 0.2) is 0 Å². The second-order valence-electron chi connectivity index (χ2n) is 6.90. The summed E-state index contributed by atoms with van der Waals surface area (Å²) in [5.41, 5.74) is 1.48. The van der Waals surface area contributed by atoms with E-state index in [4.69, 9.17) is 17.0 Å². The third kappa shape index (κ3) is 5.26. The van der Waals surface area contributed by atoms with E-state index < -0.39 is 17.6 Å². The van der Waals surface area contributed by atoms with Gasteiger partial charge in [-0.3, -0.25) is 15.0 Å². The Hall–Kier alpha value is -3.71. The lowest BCUT2D eigenvalue weighted by Gasteiger charge is -2.14. The number of amides is 2. The van der Waals surface area contributed by atoms with Crippen molar-refractivity contribution >= 4 is 40.6 Å². The number of halogens is 2. The molecule has 3 rings (SSSR count). The van der Waals surface area contributed by atoms with Gasteiger partial charge in [0.2, 0.25) is 0 Å². The number of nitrogens with zero attached hydrogens (tertiary/aromatic N) is 1. The van der Waals surface area contributed by atoms with Crippen molar-refractivity contribution < 1.29 is 14.0 Å². The van der Waals surface area contributed by atoms with Gasteiger partial charge in [0.25, 0.3) is 11.8 Å². The Kier molecular flexibility index (Phi) is 6.67. The molecule has 2 amide bonds.